The number of hydrogen-bond donors (Lipinski definition) is 2. The Morgan fingerprint density at radius 1 is 1.12 bits per heavy atom. The molecule has 0 aliphatic carbocycles. The molecule has 2 atom stereocenters. The summed E-state index contributed by atoms with van der Waals surface area (Å²) >= 11 is 0. The van der Waals surface area contributed by atoms with E-state index in [0.29, 0.717) is 6.04 Å². The highest BCUT2D eigenvalue weighted by atomic mass is 16.3. The largest absolute Gasteiger partial charge is 0.392 e. The molecule has 4 rings (SSSR count). The van der Waals surface area contributed by atoms with Gasteiger partial charge in [-0.3, -0.25) is 4.90 Å². The predicted molar refractivity (Wildman–Crippen MR) is 103 cm³/mol. The molecular formula is C21H33N3O. The number of benzene rings is 1. The topological polar surface area (TPSA) is 38.7 Å². The van der Waals surface area contributed by atoms with Crippen LogP contribution in [0.2, 0.25) is 0 Å². The number of para-hydroxylation sites is 1. The smallest absolute Gasteiger partial charge is 0.0633 e. The lowest BCUT2D eigenvalue weighted by Crippen LogP contribution is -2.60. The molecule has 3 heterocycles. The lowest BCUT2D eigenvalue weighted by Gasteiger charge is -2.51. The van der Waals surface area contributed by atoms with E-state index in [1.165, 1.54) is 43.5 Å². The maximum absolute atomic E-state index is 10.6. The summed E-state index contributed by atoms with van der Waals surface area (Å²) in [4.78, 5) is 5.26. The summed E-state index contributed by atoms with van der Waals surface area (Å²) in [7, 11) is 0. The number of hydrogen-bond acceptors (Lipinski definition) is 4. The monoisotopic (exact) mass is 343 g/mol. The van der Waals surface area contributed by atoms with Gasteiger partial charge in [-0.2, -0.15) is 0 Å². The average Bonchev–Trinajstić information content (AvgIpc) is 2.65. The van der Waals surface area contributed by atoms with Crippen LogP contribution in [-0.4, -0.2) is 61.4 Å². The number of likely N-dealkylation sites (tertiary alicyclic amines) is 1. The summed E-state index contributed by atoms with van der Waals surface area (Å²) in [6, 6.07) is 9.44. The van der Waals surface area contributed by atoms with Gasteiger partial charge in [-0.25, -0.2) is 0 Å². The molecule has 3 fully saturated rings. The molecule has 3 aliphatic rings. The first-order chi connectivity index (χ1) is 12.2. The molecule has 0 saturated carbocycles. The normalized spacial score (nSPS) is 32.2. The highest BCUT2D eigenvalue weighted by Gasteiger charge is 2.44. The molecular weight excluding hydrogens is 310 g/mol. The van der Waals surface area contributed by atoms with Gasteiger partial charge in [0.2, 0.25) is 0 Å². The minimum Gasteiger partial charge on any atom is -0.392 e. The van der Waals surface area contributed by atoms with Crippen LogP contribution in [0, 0.1) is 12.3 Å². The third-order valence-corrected chi connectivity index (χ3v) is 6.85. The first kappa shape index (κ1) is 17.3. The molecule has 2 N–H and O–H groups in total. The molecule has 4 heteroatoms. The highest BCUT2D eigenvalue weighted by molar-refractivity contribution is 5.53. The molecule has 25 heavy (non-hydrogen) atoms. The lowest BCUT2D eigenvalue weighted by molar-refractivity contribution is -0.0612. The van der Waals surface area contributed by atoms with Crippen molar-refractivity contribution in [3.8, 4) is 0 Å². The first-order valence-corrected chi connectivity index (χ1v) is 10.1. The van der Waals surface area contributed by atoms with Crippen LogP contribution in [-0.2, 0) is 0 Å². The number of rotatable bonds is 2. The van der Waals surface area contributed by atoms with Crippen molar-refractivity contribution in [2.24, 2.45) is 5.41 Å². The highest BCUT2D eigenvalue weighted by Crippen LogP contribution is 2.38. The minimum atomic E-state index is -0.122. The van der Waals surface area contributed by atoms with Gasteiger partial charge in [0.15, 0.2) is 0 Å². The molecule has 4 nitrogen and oxygen atoms in total. The van der Waals surface area contributed by atoms with E-state index >= 15 is 0 Å². The van der Waals surface area contributed by atoms with Crippen molar-refractivity contribution < 1.29 is 5.11 Å². The van der Waals surface area contributed by atoms with Crippen LogP contribution in [0.25, 0.3) is 0 Å². The predicted octanol–water partition coefficient (Wildman–Crippen LogP) is 2.40. The van der Waals surface area contributed by atoms with Crippen LogP contribution in [0.15, 0.2) is 24.3 Å². The second-order valence-corrected chi connectivity index (χ2v) is 8.42. The molecule has 0 amide bonds. The van der Waals surface area contributed by atoms with Crippen LogP contribution < -0.4 is 10.2 Å². The third kappa shape index (κ3) is 3.44. The van der Waals surface area contributed by atoms with E-state index in [1.807, 2.05) is 0 Å². The Balaban J connectivity index is 1.38. The van der Waals surface area contributed by atoms with E-state index in [0.717, 1.165) is 39.1 Å². The zero-order valence-electron chi connectivity index (χ0n) is 15.6. The summed E-state index contributed by atoms with van der Waals surface area (Å²) in [6.07, 6.45) is 5.70. The summed E-state index contributed by atoms with van der Waals surface area (Å²) < 4.78 is 0. The summed E-state index contributed by atoms with van der Waals surface area (Å²) in [5.74, 6) is 0. The standard InChI is InChI=1S/C21H33N3O/c1-17-5-2-3-6-19(17)23-13-8-18(9-14-23)24-12-4-10-21(16-24)15-22-11-7-20(21)25/h2-3,5-6,18,20,22,25H,4,7-16H2,1H3/t20-,21-/m0/s1. The average molecular weight is 344 g/mol. The van der Waals surface area contributed by atoms with Gasteiger partial charge in [-0.15, -0.1) is 0 Å². The molecule has 1 aromatic rings. The lowest BCUT2D eigenvalue weighted by atomic mass is 9.71. The number of aryl methyl sites for hydroxylation is 1. The van der Waals surface area contributed by atoms with Crippen molar-refractivity contribution in [2.45, 2.75) is 51.2 Å². The van der Waals surface area contributed by atoms with Gasteiger partial charge in [0, 0.05) is 43.3 Å². The van der Waals surface area contributed by atoms with Gasteiger partial charge in [0.05, 0.1) is 6.10 Å². The van der Waals surface area contributed by atoms with Gasteiger partial charge in [0.25, 0.3) is 0 Å². The zero-order valence-corrected chi connectivity index (χ0v) is 15.6. The first-order valence-electron chi connectivity index (χ1n) is 10.1. The third-order valence-electron chi connectivity index (χ3n) is 6.85. The van der Waals surface area contributed by atoms with Crippen molar-refractivity contribution in [1.29, 1.82) is 0 Å². The molecule has 0 bridgehead atoms. The van der Waals surface area contributed by atoms with E-state index in [9.17, 15) is 5.11 Å². The Bertz CT molecular complexity index is 580. The molecule has 1 aromatic carbocycles. The van der Waals surface area contributed by atoms with Gasteiger partial charge in [-0.1, -0.05) is 18.2 Å². The zero-order chi connectivity index (χ0) is 17.3. The molecule has 0 aromatic heterocycles. The minimum absolute atomic E-state index is 0.101. The van der Waals surface area contributed by atoms with Crippen LogP contribution >= 0.6 is 0 Å². The Kier molecular flexibility index (Phi) is 5.03. The number of aliphatic hydroxyl groups excluding tert-OH is 1. The van der Waals surface area contributed by atoms with Crippen LogP contribution in [0.4, 0.5) is 5.69 Å². The molecule has 3 saturated heterocycles. The fourth-order valence-corrected chi connectivity index (χ4v) is 5.31. The van der Waals surface area contributed by atoms with E-state index < -0.39 is 0 Å². The van der Waals surface area contributed by atoms with Crippen molar-refractivity contribution in [2.75, 3.05) is 44.2 Å². The SMILES string of the molecule is Cc1ccccc1N1CCC(N2CCC[C@]3(CNCC[C@@H]3O)C2)CC1. The number of piperidine rings is 3. The van der Waals surface area contributed by atoms with Gasteiger partial charge in [-0.05, 0) is 63.7 Å². The molecule has 0 radical (unpaired) electrons. The Hall–Kier alpha value is -1.10. The molecule has 1 spiro atoms. The van der Waals surface area contributed by atoms with Crippen molar-refractivity contribution in [3.05, 3.63) is 29.8 Å². The fourth-order valence-electron chi connectivity index (χ4n) is 5.31. The van der Waals surface area contributed by atoms with Crippen molar-refractivity contribution >= 4 is 5.69 Å². The van der Waals surface area contributed by atoms with E-state index in [-0.39, 0.29) is 11.5 Å². The Morgan fingerprint density at radius 2 is 1.92 bits per heavy atom. The van der Waals surface area contributed by atoms with Crippen molar-refractivity contribution in [3.63, 3.8) is 0 Å². The van der Waals surface area contributed by atoms with E-state index in [1.54, 1.807) is 0 Å². The van der Waals surface area contributed by atoms with E-state index in [4.69, 9.17) is 0 Å². The van der Waals surface area contributed by atoms with Crippen molar-refractivity contribution in [1.82, 2.24) is 10.2 Å². The van der Waals surface area contributed by atoms with Gasteiger partial charge < -0.3 is 15.3 Å². The quantitative estimate of drug-likeness (QED) is 0.865. The van der Waals surface area contributed by atoms with Crippen LogP contribution in [0.3, 0.4) is 0 Å². The van der Waals surface area contributed by atoms with Crippen LogP contribution in [0.1, 0.15) is 37.7 Å². The fraction of sp³-hybridized carbons (Fsp3) is 0.714. The second-order valence-electron chi connectivity index (χ2n) is 8.42. The number of anilines is 1. The summed E-state index contributed by atoms with van der Waals surface area (Å²) in [6.45, 7) is 8.77. The van der Waals surface area contributed by atoms with Gasteiger partial charge in [0.1, 0.15) is 0 Å². The van der Waals surface area contributed by atoms with Crippen LogP contribution in [0.5, 0.6) is 0 Å². The number of nitrogens with zero attached hydrogens (tertiary/aromatic N) is 2. The number of aliphatic hydroxyl groups is 1. The number of nitrogens with one attached hydrogen (secondary N) is 1. The summed E-state index contributed by atoms with van der Waals surface area (Å²) in [5, 5.41) is 14.2. The van der Waals surface area contributed by atoms with E-state index in [2.05, 4.69) is 46.3 Å². The maximum Gasteiger partial charge on any atom is 0.0633 e. The Morgan fingerprint density at radius 3 is 2.68 bits per heavy atom. The maximum atomic E-state index is 10.6. The second kappa shape index (κ2) is 7.26. The Labute approximate surface area is 152 Å². The molecule has 0 unspecified atom stereocenters. The molecule has 138 valence electrons. The van der Waals surface area contributed by atoms with Gasteiger partial charge >= 0.3 is 0 Å². The molecule has 3 aliphatic heterocycles. The summed E-state index contributed by atoms with van der Waals surface area (Å²) in [5.41, 5.74) is 2.89.